The van der Waals surface area contributed by atoms with Gasteiger partial charge in [0, 0.05) is 18.7 Å². The highest BCUT2D eigenvalue weighted by molar-refractivity contribution is 5.95. The molecule has 1 rings (SSSR count). The predicted molar refractivity (Wildman–Crippen MR) is 81.7 cm³/mol. The standard InChI is InChI=1S/C16H24N2O2/c1-6-13(4)18(14(5)19)10-16(20)17-15-9-11(2)7-8-12(15)3/h7-9,13H,6,10H2,1-5H3,(H,17,20). The maximum atomic E-state index is 12.1. The fourth-order valence-electron chi connectivity index (χ4n) is 2.01. The number of benzene rings is 1. The van der Waals surface area contributed by atoms with Crippen LogP contribution in [-0.2, 0) is 9.59 Å². The van der Waals surface area contributed by atoms with Crippen molar-refractivity contribution in [3.05, 3.63) is 29.3 Å². The summed E-state index contributed by atoms with van der Waals surface area (Å²) in [7, 11) is 0. The van der Waals surface area contributed by atoms with Crippen LogP contribution in [0.1, 0.15) is 38.3 Å². The lowest BCUT2D eigenvalue weighted by atomic mass is 10.1. The molecule has 4 heteroatoms. The van der Waals surface area contributed by atoms with E-state index in [2.05, 4.69) is 5.32 Å². The zero-order chi connectivity index (χ0) is 15.3. The van der Waals surface area contributed by atoms with E-state index in [1.54, 1.807) is 4.90 Å². The molecule has 0 aliphatic carbocycles. The van der Waals surface area contributed by atoms with Gasteiger partial charge in [0.2, 0.25) is 11.8 Å². The van der Waals surface area contributed by atoms with Gasteiger partial charge in [0.05, 0.1) is 0 Å². The summed E-state index contributed by atoms with van der Waals surface area (Å²) in [6.45, 7) is 9.48. The van der Waals surface area contributed by atoms with E-state index in [-0.39, 0.29) is 24.4 Å². The van der Waals surface area contributed by atoms with Gasteiger partial charge >= 0.3 is 0 Å². The average molecular weight is 276 g/mol. The summed E-state index contributed by atoms with van der Waals surface area (Å²) in [5.41, 5.74) is 2.92. The molecule has 0 aliphatic heterocycles. The molecule has 1 N–H and O–H groups in total. The number of amides is 2. The first-order chi connectivity index (χ1) is 9.35. The normalized spacial score (nSPS) is 11.8. The monoisotopic (exact) mass is 276 g/mol. The number of aryl methyl sites for hydroxylation is 2. The highest BCUT2D eigenvalue weighted by Gasteiger charge is 2.18. The summed E-state index contributed by atoms with van der Waals surface area (Å²) < 4.78 is 0. The van der Waals surface area contributed by atoms with Crippen LogP contribution in [0.5, 0.6) is 0 Å². The summed E-state index contributed by atoms with van der Waals surface area (Å²) in [4.78, 5) is 25.3. The first kappa shape index (κ1) is 16.2. The van der Waals surface area contributed by atoms with Crippen molar-refractivity contribution in [3.63, 3.8) is 0 Å². The van der Waals surface area contributed by atoms with Crippen LogP contribution >= 0.6 is 0 Å². The van der Waals surface area contributed by atoms with Crippen molar-refractivity contribution in [1.29, 1.82) is 0 Å². The van der Waals surface area contributed by atoms with E-state index < -0.39 is 0 Å². The Kier molecular flexibility index (Phi) is 5.74. The third-order valence-electron chi connectivity index (χ3n) is 3.51. The minimum atomic E-state index is -0.158. The van der Waals surface area contributed by atoms with Crippen molar-refractivity contribution >= 4 is 17.5 Å². The zero-order valence-electron chi connectivity index (χ0n) is 13.0. The minimum absolute atomic E-state index is 0.0665. The molecule has 0 bridgehead atoms. The van der Waals surface area contributed by atoms with Crippen molar-refractivity contribution in [2.45, 2.75) is 47.1 Å². The van der Waals surface area contributed by atoms with E-state index in [0.717, 1.165) is 23.2 Å². The second-order valence-corrected chi connectivity index (χ2v) is 5.27. The van der Waals surface area contributed by atoms with Gasteiger partial charge in [0.15, 0.2) is 0 Å². The highest BCUT2D eigenvalue weighted by atomic mass is 16.2. The Hall–Kier alpha value is -1.84. The maximum absolute atomic E-state index is 12.1. The van der Waals surface area contributed by atoms with Gasteiger partial charge in [-0.05, 0) is 44.4 Å². The molecule has 0 heterocycles. The summed E-state index contributed by atoms with van der Waals surface area (Å²) in [5.74, 6) is -0.232. The first-order valence-corrected chi connectivity index (χ1v) is 6.99. The lowest BCUT2D eigenvalue weighted by molar-refractivity contribution is -0.134. The van der Waals surface area contributed by atoms with Gasteiger partial charge in [-0.15, -0.1) is 0 Å². The molecule has 0 saturated carbocycles. The van der Waals surface area contributed by atoms with Crippen LogP contribution in [0.25, 0.3) is 0 Å². The molecule has 0 aliphatic rings. The molecule has 0 aromatic heterocycles. The maximum Gasteiger partial charge on any atom is 0.244 e. The van der Waals surface area contributed by atoms with Crippen molar-refractivity contribution in [3.8, 4) is 0 Å². The molecule has 1 atom stereocenters. The van der Waals surface area contributed by atoms with Gasteiger partial charge in [0.25, 0.3) is 0 Å². The van der Waals surface area contributed by atoms with Crippen molar-refractivity contribution < 1.29 is 9.59 Å². The van der Waals surface area contributed by atoms with Crippen LogP contribution in [0, 0.1) is 13.8 Å². The van der Waals surface area contributed by atoms with Gasteiger partial charge in [0.1, 0.15) is 6.54 Å². The molecule has 0 spiro atoms. The van der Waals surface area contributed by atoms with E-state index >= 15 is 0 Å². The first-order valence-electron chi connectivity index (χ1n) is 6.99. The summed E-state index contributed by atoms with van der Waals surface area (Å²) in [6.07, 6.45) is 0.830. The molecule has 4 nitrogen and oxygen atoms in total. The highest BCUT2D eigenvalue weighted by Crippen LogP contribution is 2.16. The molecule has 1 aromatic carbocycles. The summed E-state index contributed by atoms with van der Waals surface area (Å²) >= 11 is 0. The van der Waals surface area contributed by atoms with Crippen LogP contribution in [0.2, 0.25) is 0 Å². The number of anilines is 1. The molecular weight excluding hydrogens is 252 g/mol. The molecule has 0 fully saturated rings. The van der Waals surface area contributed by atoms with E-state index in [1.165, 1.54) is 6.92 Å². The molecule has 20 heavy (non-hydrogen) atoms. The number of carbonyl (C=O) groups excluding carboxylic acids is 2. The van der Waals surface area contributed by atoms with Crippen LogP contribution in [0.15, 0.2) is 18.2 Å². The Balaban J connectivity index is 2.75. The number of hydrogen-bond donors (Lipinski definition) is 1. The van der Waals surface area contributed by atoms with Crippen LogP contribution in [0.3, 0.4) is 0 Å². The SMILES string of the molecule is CCC(C)N(CC(=O)Nc1cc(C)ccc1C)C(C)=O. The number of nitrogens with zero attached hydrogens (tertiary/aromatic N) is 1. The van der Waals surface area contributed by atoms with E-state index in [9.17, 15) is 9.59 Å². The number of rotatable bonds is 5. The predicted octanol–water partition coefficient (Wildman–Crippen LogP) is 2.89. The van der Waals surface area contributed by atoms with Crippen molar-refractivity contribution in [2.75, 3.05) is 11.9 Å². The minimum Gasteiger partial charge on any atom is -0.331 e. The molecule has 1 aromatic rings. The van der Waals surface area contributed by atoms with E-state index in [4.69, 9.17) is 0 Å². The Morgan fingerprint density at radius 1 is 1.30 bits per heavy atom. The molecule has 1 unspecified atom stereocenters. The van der Waals surface area contributed by atoms with Crippen LogP contribution in [0.4, 0.5) is 5.69 Å². The Morgan fingerprint density at radius 3 is 2.50 bits per heavy atom. The number of hydrogen-bond acceptors (Lipinski definition) is 2. The second-order valence-electron chi connectivity index (χ2n) is 5.27. The average Bonchev–Trinajstić information content (AvgIpc) is 2.39. The molecule has 0 radical (unpaired) electrons. The second kappa shape index (κ2) is 7.08. The van der Waals surface area contributed by atoms with Gasteiger partial charge in [-0.2, -0.15) is 0 Å². The van der Waals surface area contributed by atoms with Gasteiger partial charge in [-0.25, -0.2) is 0 Å². The summed E-state index contributed by atoms with van der Waals surface area (Å²) in [6, 6.07) is 5.99. The summed E-state index contributed by atoms with van der Waals surface area (Å²) in [5, 5.41) is 2.88. The van der Waals surface area contributed by atoms with Crippen LogP contribution < -0.4 is 5.32 Å². The quantitative estimate of drug-likeness (QED) is 0.899. The third-order valence-corrected chi connectivity index (χ3v) is 3.51. The fourth-order valence-corrected chi connectivity index (χ4v) is 2.01. The smallest absolute Gasteiger partial charge is 0.244 e. The van der Waals surface area contributed by atoms with Gasteiger partial charge < -0.3 is 10.2 Å². The van der Waals surface area contributed by atoms with E-state index in [0.29, 0.717) is 0 Å². The van der Waals surface area contributed by atoms with Gasteiger partial charge in [-0.1, -0.05) is 19.1 Å². The van der Waals surface area contributed by atoms with Crippen molar-refractivity contribution in [2.24, 2.45) is 0 Å². The van der Waals surface area contributed by atoms with Gasteiger partial charge in [-0.3, -0.25) is 9.59 Å². The topological polar surface area (TPSA) is 49.4 Å². The Labute approximate surface area is 121 Å². The Morgan fingerprint density at radius 2 is 1.95 bits per heavy atom. The third kappa shape index (κ3) is 4.37. The molecule has 2 amide bonds. The zero-order valence-corrected chi connectivity index (χ0v) is 13.0. The van der Waals surface area contributed by atoms with E-state index in [1.807, 2.05) is 45.9 Å². The fraction of sp³-hybridized carbons (Fsp3) is 0.500. The molecule has 110 valence electrons. The number of nitrogens with one attached hydrogen (secondary N) is 1. The lowest BCUT2D eigenvalue weighted by Crippen LogP contribution is -2.42. The van der Waals surface area contributed by atoms with Crippen molar-refractivity contribution in [1.82, 2.24) is 4.90 Å². The number of carbonyl (C=O) groups is 2. The van der Waals surface area contributed by atoms with Crippen LogP contribution in [-0.4, -0.2) is 29.3 Å². The molecule has 0 saturated heterocycles. The largest absolute Gasteiger partial charge is 0.331 e. The molecular formula is C16H24N2O2. The Bertz CT molecular complexity index is 497. The lowest BCUT2D eigenvalue weighted by Gasteiger charge is -2.26.